The number of nitrogens with one attached hydrogen (secondary N) is 2. The molecule has 1 amide bonds. The van der Waals surface area contributed by atoms with Crippen LogP contribution in [0.4, 0.5) is 5.69 Å². The van der Waals surface area contributed by atoms with Gasteiger partial charge in [-0.3, -0.25) is 4.79 Å². The molecule has 1 aromatic rings. The molecule has 0 fully saturated rings. The van der Waals surface area contributed by atoms with Crippen LogP contribution < -0.4 is 10.6 Å². The average Bonchev–Trinajstić information content (AvgIpc) is 2.64. The molecule has 0 aliphatic heterocycles. The van der Waals surface area contributed by atoms with Crippen LogP contribution in [0, 0.1) is 5.92 Å². The Bertz CT molecular complexity index is 363. The standard InChI is InChI=1S/C12H20N2O2S/c1-8(2)11(16)6-13-7-12-10(4-5-17-12)14-9(3)15/h4-5,8,11,13,16H,6-7H2,1-3H3,(H,14,15). The zero-order valence-corrected chi connectivity index (χ0v) is 11.3. The van der Waals surface area contributed by atoms with Crippen molar-refractivity contribution in [2.45, 2.75) is 33.4 Å². The molecule has 0 spiro atoms. The van der Waals surface area contributed by atoms with Gasteiger partial charge in [0.2, 0.25) is 5.91 Å². The van der Waals surface area contributed by atoms with E-state index in [4.69, 9.17) is 0 Å². The maximum absolute atomic E-state index is 11.0. The molecule has 0 aliphatic carbocycles. The van der Waals surface area contributed by atoms with Gasteiger partial charge in [0, 0.05) is 24.9 Å². The van der Waals surface area contributed by atoms with Crippen LogP contribution in [0.1, 0.15) is 25.6 Å². The number of thiophene rings is 1. The van der Waals surface area contributed by atoms with Gasteiger partial charge in [-0.2, -0.15) is 0 Å². The van der Waals surface area contributed by atoms with E-state index in [0.717, 1.165) is 10.6 Å². The van der Waals surface area contributed by atoms with Crippen molar-refractivity contribution in [3.63, 3.8) is 0 Å². The van der Waals surface area contributed by atoms with Gasteiger partial charge in [-0.15, -0.1) is 11.3 Å². The highest BCUT2D eigenvalue weighted by molar-refractivity contribution is 7.10. The minimum atomic E-state index is -0.334. The number of carbonyl (C=O) groups excluding carboxylic acids is 1. The lowest BCUT2D eigenvalue weighted by Gasteiger charge is -2.15. The van der Waals surface area contributed by atoms with Gasteiger partial charge in [0.05, 0.1) is 11.8 Å². The largest absolute Gasteiger partial charge is 0.392 e. The fourth-order valence-corrected chi connectivity index (χ4v) is 2.15. The Morgan fingerprint density at radius 1 is 1.53 bits per heavy atom. The number of amides is 1. The molecule has 0 saturated heterocycles. The summed E-state index contributed by atoms with van der Waals surface area (Å²) >= 11 is 1.59. The summed E-state index contributed by atoms with van der Waals surface area (Å²) in [5.74, 6) is 0.188. The van der Waals surface area contributed by atoms with Crippen LogP contribution in [0.2, 0.25) is 0 Å². The van der Waals surface area contributed by atoms with Crippen molar-refractivity contribution in [3.05, 3.63) is 16.3 Å². The van der Waals surface area contributed by atoms with E-state index in [9.17, 15) is 9.90 Å². The molecule has 1 unspecified atom stereocenters. The van der Waals surface area contributed by atoms with Gasteiger partial charge >= 0.3 is 0 Å². The number of anilines is 1. The van der Waals surface area contributed by atoms with Crippen LogP contribution >= 0.6 is 11.3 Å². The van der Waals surface area contributed by atoms with Crippen molar-refractivity contribution in [2.24, 2.45) is 5.92 Å². The first kappa shape index (κ1) is 14.2. The Hall–Kier alpha value is -0.910. The van der Waals surface area contributed by atoms with Crippen LogP contribution in [0.25, 0.3) is 0 Å². The van der Waals surface area contributed by atoms with Gasteiger partial charge in [0.25, 0.3) is 0 Å². The van der Waals surface area contributed by atoms with E-state index in [1.807, 2.05) is 25.3 Å². The third-order valence-corrected chi connectivity index (χ3v) is 3.39. The molecular weight excluding hydrogens is 236 g/mol. The molecule has 0 aromatic carbocycles. The number of carbonyl (C=O) groups is 1. The number of aliphatic hydroxyl groups is 1. The van der Waals surface area contributed by atoms with Gasteiger partial charge in [-0.05, 0) is 17.4 Å². The highest BCUT2D eigenvalue weighted by Crippen LogP contribution is 2.21. The fourth-order valence-electron chi connectivity index (χ4n) is 1.35. The Kier molecular flexibility index (Phi) is 5.61. The van der Waals surface area contributed by atoms with Crippen molar-refractivity contribution >= 4 is 22.9 Å². The van der Waals surface area contributed by atoms with Crippen molar-refractivity contribution in [3.8, 4) is 0 Å². The summed E-state index contributed by atoms with van der Waals surface area (Å²) in [6, 6.07) is 1.89. The van der Waals surface area contributed by atoms with Crippen LogP contribution in [-0.2, 0) is 11.3 Å². The summed E-state index contributed by atoms with van der Waals surface area (Å²) in [4.78, 5) is 12.0. The van der Waals surface area contributed by atoms with E-state index in [1.165, 1.54) is 6.92 Å². The highest BCUT2D eigenvalue weighted by Gasteiger charge is 2.10. The third-order valence-electron chi connectivity index (χ3n) is 2.46. The number of hydrogen-bond acceptors (Lipinski definition) is 4. The second-order valence-corrected chi connectivity index (χ2v) is 5.38. The Balaban J connectivity index is 2.41. The van der Waals surface area contributed by atoms with Crippen molar-refractivity contribution < 1.29 is 9.90 Å². The zero-order chi connectivity index (χ0) is 12.8. The van der Waals surface area contributed by atoms with E-state index in [-0.39, 0.29) is 17.9 Å². The first-order valence-corrected chi connectivity index (χ1v) is 6.61. The van der Waals surface area contributed by atoms with E-state index < -0.39 is 0 Å². The van der Waals surface area contributed by atoms with Crippen molar-refractivity contribution in [1.82, 2.24) is 5.32 Å². The summed E-state index contributed by atoms with van der Waals surface area (Å²) in [6.45, 7) is 6.70. The molecule has 1 heterocycles. The molecule has 0 radical (unpaired) electrons. The summed E-state index contributed by atoms with van der Waals surface area (Å²) in [7, 11) is 0. The maximum atomic E-state index is 11.0. The zero-order valence-electron chi connectivity index (χ0n) is 10.5. The van der Waals surface area contributed by atoms with Gasteiger partial charge < -0.3 is 15.7 Å². The second-order valence-electron chi connectivity index (χ2n) is 4.38. The molecule has 0 bridgehead atoms. The molecule has 4 nitrogen and oxygen atoms in total. The summed E-state index contributed by atoms with van der Waals surface area (Å²) in [6.07, 6.45) is -0.334. The summed E-state index contributed by atoms with van der Waals surface area (Å²) in [5, 5.41) is 17.6. The van der Waals surface area contributed by atoms with Crippen molar-refractivity contribution in [2.75, 3.05) is 11.9 Å². The number of rotatable bonds is 6. The van der Waals surface area contributed by atoms with E-state index >= 15 is 0 Å². The Morgan fingerprint density at radius 2 is 2.24 bits per heavy atom. The topological polar surface area (TPSA) is 61.4 Å². The Morgan fingerprint density at radius 3 is 2.82 bits per heavy atom. The fraction of sp³-hybridized carbons (Fsp3) is 0.583. The first-order chi connectivity index (χ1) is 8.00. The molecule has 1 aromatic heterocycles. The third kappa shape index (κ3) is 4.85. The average molecular weight is 256 g/mol. The predicted octanol–water partition coefficient (Wildman–Crippen LogP) is 1.81. The molecule has 3 N–H and O–H groups in total. The summed E-state index contributed by atoms with van der Waals surface area (Å²) < 4.78 is 0. The van der Waals surface area contributed by atoms with E-state index in [2.05, 4.69) is 10.6 Å². The van der Waals surface area contributed by atoms with E-state index in [1.54, 1.807) is 11.3 Å². The predicted molar refractivity (Wildman–Crippen MR) is 71.2 cm³/mol. The van der Waals surface area contributed by atoms with Crippen LogP contribution in [0.3, 0.4) is 0 Å². The van der Waals surface area contributed by atoms with Crippen LogP contribution in [0.15, 0.2) is 11.4 Å². The second kappa shape index (κ2) is 6.74. The van der Waals surface area contributed by atoms with Crippen molar-refractivity contribution in [1.29, 1.82) is 0 Å². The molecule has 1 rings (SSSR count). The van der Waals surface area contributed by atoms with Gasteiger partial charge in [0.15, 0.2) is 0 Å². The lowest BCUT2D eigenvalue weighted by atomic mass is 10.1. The highest BCUT2D eigenvalue weighted by atomic mass is 32.1. The smallest absolute Gasteiger partial charge is 0.221 e. The lowest BCUT2D eigenvalue weighted by molar-refractivity contribution is -0.114. The normalized spacial score (nSPS) is 12.8. The lowest BCUT2D eigenvalue weighted by Crippen LogP contribution is -2.30. The molecule has 1 atom stereocenters. The van der Waals surface area contributed by atoms with Crippen LogP contribution in [0.5, 0.6) is 0 Å². The molecule has 96 valence electrons. The van der Waals surface area contributed by atoms with Crippen LogP contribution in [-0.4, -0.2) is 23.7 Å². The summed E-state index contributed by atoms with van der Waals surface area (Å²) in [5.41, 5.74) is 0.856. The monoisotopic (exact) mass is 256 g/mol. The Labute approximate surface area is 106 Å². The SMILES string of the molecule is CC(=O)Nc1ccsc1CNCC(O)C(C)C. The number of hydrogen-bond donors (Lipinski definition) is 3. The minimum absolute atomic E-state index is 0.0631. The maximum Gasteiger partial charge on any atom is 0.221 e. The molecule has 0 saturated carbocycles. The molecular formula is C12H20N2O2S. The molecule has 0 aliphatic rings. The molecule has 5 heteroatoms. The van der Waals surface area contributed by atoms with Gasteiger partial charge in [-0.25, -0.2) is 0 Å². The van der Waals surface area contributed by atoms with Gasteiger partial charge in [0.1, 0.15) is 0 Å². The quantitative estimate of drug-likeness (QED) is 0.727. The first-order valence-electron chi connectivity index (χ1n) is 5.73. The molecule has 17 heavy (non-hydrogen) atoms. The number of aliphatic hydroxyl groups excluding tert-OH is 1. The van der Waals surface area contributed by atoms with Gasteiger partial charge in [-0.1, -0.05) is 13.8 Å². The van der Waals surface area contributed by atoms with E-state index in [0.29, 0.717) is 13.1 Å². The minimum Gasteiger partial charge on any atom is -0.392 e.